The zero-order valence-corrected chi connectivity index (χ0v) is 16.3. The molecule has 0 radical (unpaired) electrons. The number of amides is 1. The minimum absolute atomic E-state index is 0.0121. The van der Waals surface area contributed by atoms with E-state index in [2.05, 4.69) is 0 Å². The summed E-state index contributed by atoms with van der Waals surface area (Å²) < 4.78 is 5.58. The molecule has 1 aromatic carbocycles. The summed E-state index contributed by atoms with van der Waals surface area (Å²) in [5, 5.41) is 1.81. The number of hydroxylamine groups is 2. The van der Waals surface area contributed by atoms with Crippen LogP contribution < -0.4 is 0 Å². The lowest BCUT2D eigenvalue weighted by atomic mass is 9.87. The van der Waals surface area contributed by atoms with Crippen LogP contribution in [0.15, 0.2) is 30.3 Å². The smallest absolute Gasteiger partial charge is 0.329 e. The molecule has 0 saturated carbocycles. The molecule has 27 heavy (non-hydrogen) atoms. The van der Waals surface area contributed by atoms with E-state index in [1.807, 2.05) is 56.2 Å². The van der Waals surface area contributed by atoms with Crippen molar-refractivity contribution in [3.8, 4) is 0 Å². The molecule has 6 heteroatoms. The number of ether oxygens (including phenoxy) is 1. The van der Waals surface area contributed by atoms with Crippen LogP contribution in [0.2, 0.25) is 0 Å². The van der Waals surface area contributed by atoms with Gasteiger partial charge < -0.3 is 9.64 Å². The van der Waals surface area contributed by atoms with Crippen molar-refractivity contribution in [2.45, 2.75) is 70.3 Å². The molecule has 4 atom stereocenters. The van der Waals surface area contributed by atoms with Crippen molar-refractivity contribution in [1.29, 1.82) is 0 Å². The van der Waals surface area contributed by atoms with Gasteiger partial charge in [0, 0.05) is 18.5 Å². The minimum Gasteiger partial charge on any atom is -0.458 e. The van der Waals surface area contributed by atoms with E-state index in [-0.39, 0.29) is 29.9 Å². The normalized spacial score (nSPS) is 30.9. The summed E-state index contributed by atoms with van der Waals surface area (Å²) in [7, 11) is 0. The standard InChI is InChI=1S/C21H28N2O4/c1-21(2,3)27-20(25)17-10-9-16-11-15-13-26-22(18(15)19(24)23(16)17)12-14-7-5-4-6-8-14/h4-8,15-18H,9-13H2,1-3H3/t15-,16?,17-,18?/m0/s1. The number of hydrogen-bond donors (Lipinski definition) is 0. The molecule has 4 rings (SSSR count). The highest BCUT2D eigenvalue weighted by Crippen LogP contribution is 2.41. The van der Waals surface area contributed by atoms with Crippen molar-refractivity contribution in [3.05, 3.63) is 35.9 Å². The van der Waals surface area contributed by atoms with Gasteiger partial charge in [-0.05, 0) is 45.6 Å². The first-order chi connectivity index (χ1) is 12.8. The van der Waals surface area contributed by atoms with Gasteiger partial charge in [0.05, 0.1) is 6.61 Å². The Kier molecular flexibility index (Phi) is 4.72. The average Bonchev–Trinajstić information content (AvgIpc) is 3.19. The second-order valence-electron chi connectivity index (χ2n) is 8.82. The predicted octanol–water partition coefficient (Wildman–Crippen LogP) is 2.52. The fourth-order valence-corrected chi connectivity index (χ4v) is 4.58. The van der Waals surface area contributed by atoms with Gasteiger partial charge in [-0.2, -0.15) is 5.06 Å². The van der Waals surface area contributed by atoms with E-state index >= 15 is 0 Å². The maximum atomic E-state index is 13.4. The quantitative estimate of drug-likeness (QED) is 0.763. The van der Waals surface area contributed by atoms with Gasteiger partial charge in [0.25, 0.3) is 0 Å². The lowest BCUT2D eigenvalue weighted by molar-refractivity contribution is -0.176. The number of carbonyl (C=O) groups is 2. The molecule has 0 aromatic heterocycles. The molecular weight excluding hydrogens is 344 g/mol. The molecule has 3 fully saturated rings. The Morgan fingerprint density at radius 2 is 1.96 bits per heavy atom. The van der Waals surface area contributed by atoms with Gasteiger partial charge in [-0.15, -0.1) is 0 Å². The number of fused-ring (bicyclic) bond motifs is 2. The fraction of sp³-hybridized carbons (Fsp3) is 0.619. The van der Waals surface area contributed by atoms with E-state index in [0.717, 1.165) is 18.4 Å². The molecule has 3 aliphatic heterocycles. The first-order valence-corrected chi connectivity index (χ1v) is 9.82. The molecule has 1 amide bonds. The van der Waals surface area contributed by atoms with Crippen molar-refractivity contribution in [1.82, 2.24) is 9.96 Å². The number of esters is 1. The molecule has 3 aliphatic rings. The molecule has 2 unspecified atom stereocenters. The van der Waals surface area contributed by atoms with Crippen LogP contribution in [0.4, 0.5) is 0 Å². The summed E-state index contributed by atoms with van der Waals surface area (Å²) >= 11 is 0. The molecule has 0 aliphatic carbocycles. The molecule has 1 aromatic rings. The third-order valence-corrected chi connectivity index (χ3v) is 5.66. The Morgan fingerprint density at radius 1 is 1.22 bits per heavy atom. The van der Waals surface area contributed by atoms with Crippen molar-refractivity contribution in [2.24, 2.45) is 5.92 Å². The highest BCUT2D eigenvalue weighted by atomic mass is 16.7. The van der Waals surface area contributed by atoms with Crippen LogP contribution >= 0.6 is 0 Å². The largest absolute Gasteiger partial charge is 0.458 e. The number of carbonyl (C=O) groups excluding carboxylic acids is 2. The molecular formula is C21H28N2O4. The van der Waals surface area contributed by atoms with Crippen LogP contribution in [0.5, 0.6) is 0 Å². The Hall–Kier alpha value is -1.92. The lowest BCUT2D eigenvalue weighted by Gasteiger charge is -2.40. The highest BCUT2D eigenvalue weighted by molar-refractivity contribution is 5.89. The molecule has 0 bridgehead atoms. The summed E-state index contributed by atoms with van der Waals surface area (Å²) in [4.78, 5) is 33.7. The molecule has 6 nitrogen and oxygen atoms in total. The molecule has 146 valence electrons. The van der Waals surface area contributed by atoms with Crippen LogP contribution in [-0.4, -0.2) is 52.2 Å². The van der Waals surface area contributed by atoms with Gasteiger partial charge in [0.2, 0.25) is 5.91 Å². The van der Waals surface area contributed by atoms with Crippen molar-refractivity contribution < 1.29 is 19.2 Å². The third-order valence-electron chi connectivity index (χ3n) is 5.66. The van der Waals surface area contributed by atoms with Crippen LogP contribution in [0.3, 0.4) is 0 Å². The maximum absolute atomic E-state index is 13.4. The van der Waals surface area contributed by atoms with Crippen LogP contribution in [0.25, 0.3) is 0 Å². The second kappa shape index (κ2) is 6.91. The molecule has 3 heterocycles. The summed E-state index contributed by atoms with van der Waals surface area (Å²) in [6.07, 6.45) is 2.43. The summed E-state index contributed by atoms with van der Waals surface area (Å²) in [5.74, 6) is -0.0804. The second-order valence-corrected chi connectivity index (χ2v) is 8.82. The number of benzene rings is 1. The van der Waals surface area contributed by atoms with Gasteiger partial charge in [0.15, 0.2) is 0 Å². The number of hydrogen-bond acceptors (Lipinski definition) is 5. The highest BCUT2D eigenvalue weighted by Gasteiger charge is 2.54. The summed E-state index contributed by atoms with van der Waals surface area (Å²) in [6, 6.07) is 9.35. The first-order valence-electron chi connectivity index (χ1n) is 9.82. The van der Waals surface area contributed by atoms with Crippen LogP contribution in [0, 0.1) is 5.92 Å². The van der Waals surface area contributed by atoms with Crippen LogP contribution in [-0.2, 0) is 25.7 Å². The van der Waals surface area contributed by atoms with Crippen molar-refractivity contribution in [3.63, 3.8) is 0 Å². The Labute approximate surface area is 160 Å². The van der Waals surface area contributed by atoms with Crippen molar-refractivity contribution >= 4 is 11.9 Å². The number of nitrogens with zero attached hydrogens (tertiary/aromatic N) is 2. The third kappa shape index (κ3) is 3.60. The Morgan fingerprint density at radius 3 is 2.67 bits per heavy atom. The zero-order valence-electron chi connectivity index (χ0n) is 16.3. The van der Waals surface area contributed by atoms with E-state index < -0.39 is 11.6 Å². The minimum atomic E-state index is -0.549. The van der Waals surface area contributed by atoms with Gasteiger partial charge >= 0.3 is 5.97 Å². The average molecular weight is 372 g/mol. The van der Waals surface area contributed by atoms with Crippen LogP contribution in [0.1, 0.15) is 45.6 Å². The monoisotopic (exact) mass is 372 g/mol. The Bertz CT molecular complexity index is 715. The lowest BCUT2D eigenvalue weighted by Crippen LogP contribution is -2.58. The van der Waals surface area contributed by atoms with Gasteiger partial charge in [0.1, 0.15) is 17.7 Å². The number of rotatable bonds is 3. The van der Waals surface area contributed by atoms with Gasteiger partial charge in [-0.25, -0.2) is 4.79 Å². The molecule has 0 spiro atoms. The predicted molar refractivity (Wildman–Crippen MR) is 99.3 cm³/mol. The Balaban J connectivity index is 1.51. The van der Waals surface area contributed by atoms with E-state index in [0.29, 0.717) is 19.6 Å². The maximum Gasteiger partial charge on any atom is 0.329 e. The number of piperidine rings is 1. The topological polar surface area (TPSA) is 59.1 Å². The van der Waals surface area contributed by atoms with E-state index in [1.165, 1.54) is 0 Å². The zero-order chi connectivity index (χ0) is 19.2. The van der Waals surface area contributed by atoms with E-state index in [9.17, 15) is 9.59 Å². The van der Waals surface area contributed by atoms with Crippen molar-refractivity contribution in [2.75, 3.05) is 6.61 Å². The SMILES string of the molecule is CC(C)(C)OC(=O)[C@@H]1CCC2C[C@H]3CON(Cc4ccccc4)C3C(=O)N21. The summed E-state index contributed by atoms with van der Waals surface area (Å²) in [6.45, 7) is 6.72. The van der Waals surface area contributed by atoms with Gasteiger partial charge in [-0.1, -0.05) is 30.3 Å². The summed E-state index contributed by atoms with van der Waals surface area (Å²) in [5.41, 5.74) is 0.560. The molecule has 0 N–H and O–H groups in total. The molecule has 3 saturated heterocycles. The van der Waals surface area contributed by atoms with E-state index in [1.54, 1.807) is 4.90 Å². The first kappa shape index (κ1) is 18.4. The fourth-order valence-electron chi connectivity index (χ4n) is 4.58. The van der Waals surface area contributed by atoms with Gasteiger partial charge in [-0.3, -0.25) is 9.63 Å². The van der Waals surface area contributed by atoms with E-state index in [4.69, 9.17) is 9.57 Å².